The molecule has 1 unspecified atom stereocenters. The smallest absolute Gasteiger partial charge is 0.321 e. The summed E-state index contributed by atoms with van der Waals surface area (Å²) in [6, 6.07) is 20.8. The Balaban J connectivity index is 1.19. The van der Waals surface area contributed by atoms with Crippen molar-refractivity contribution in [2.45, 2.75) is 62.3 Å². The van der Waals surface area contributed by atoms with Crippen molar-refractivity contribution >= 4 is 43.8 Å². The van der Waals surface area contributed by atoms with E-state index in [9.17, 15) is 23.1 Å². The van der Waals surface area contributed by atoms with Crippen molar-refractivity contribution in [3.05, 3.63) is 78.4 Å². The topological polar surface area (TPSA) is 126 Å². The molecule has 1 heterocycles. The summed E-state index contributed by atoms with van der Waals surface area (Å²) in [5, 5.41) is 13.9. The molecule has 1 amide bonds. The molecule has 0 aliphatic carbocycles. The number of nitrogens with one attached hydrogen (secondary N) is 2. The Kier molecular flexibility index (Phi) is 9.73. The molecule has 4 rings (SSSR count). The van der Waals surface area contributed by atoms with Crippen LogP contribution in [0.5, 0.6) is 0 Å². The van der Waals surface area contributed by atoms with Crippen LogP contribution in [0.4, 0.5) is 0 Å². The predicted octanol–water partition coefficient (Wildman–Crippen LogP) is 5.41. The number of furan rings is 1. The fourth-order valence-corrected chi connectivity index (χ4v) is 5.84. The third-order valence-electron chi connectivity index (χ3n) is 6.71. The molecule has 0 saturated heterocycles. The zero-order valence-electron chi connectivity index (χ0n) is 21.8. The summed E-state index contributed by atoms with van der Waals surface area (Å²) < 4.78 is 34.0. The molecular formula is C30H34N2O6S. The third-order valence-corrected chi connectivity index (χ3v) is 8.18. The molecular weight excluding hydrogens is 516 g/mol. The van der Waals surface area contributed by atoms with E-state index in [1.54, 1.807) is 12.1 Å². The second-order valence-electron chi connectivity index (χ2n) is 9.66. The van der Waals surface area contributed by atoms with Gasteiger partial charge in [-0.2, -0.15) is 4.72 Å². The molecule has 8 nitrogen and oxygen atoms in total. The van der Waals surface area contributed by atoms with Gasteiger partial charge in [0.05, 0.1) is 4.90 Å². The first-order valence-electron chi connectivity index (χ1n) is 13.3. The summed E-state index contributed by atoms with van der Waals surface area (Å²) in [5.41, 5.74) is 2.50. The summed E-state index contributed by atoms with van der Waals surface area (Å²) in [7, 11) is -4.07. The third kappa shape index (κ3) is 7.91. The van der Waals surface area contributed by atoms with Crippen molar-refractivity contribution in [1.82, 2.24) is 10.0 Å². The first-order chi connectivity index (χ1) is 18.8. The molecule has 0 radical (unpaired) electrons. The van der Waals surface area contributed by atoms with E-state index in [0.717, 1.165) is 31.1 Å². The number of aliphatic carboxylic acids is 1. The lowest BCUT2D eigenvalue weighted by Crippen LogP contribution is -2.40. The Labute approximate surface area is 228 Å². The summed E-state index contributed by atoms with van der Waals surface area (Å²) >= 11 is 0. The second-order valence-corrected chi connectivity index (χ2v) is 11.4. The van der Waals surface area contributed by atoms with Gasteiger partial charge in [-0.15, -0.1) is 0 Å². The number of aryl methyl sites for hydroxylation is 1. The number of fused-ring (bicyclic) bond motifs is 3. The largest absolute Gasteiger partial charge is 0.480 e. The molecule has 0 aliphatic heterocycles. The van der Waals surface area contributed by atoms with Gasteiger partial charge in [0.1, 0.15) is 17.2 Å². The molecule has 1 aromatic heterocycles. The van der Waals surface area contributed by atoms with E-state index < -0.39 is 22.0 Å². The highest BCUT2D eigenvalue weighted by Crippen LogP contribution is 2.30. The van der Waals surface area contributed by atoms with Gasteiger partial charge in [0.25, 0.3) is 0 Å². The summed E-state index contributed by atoms with van der Waals surface area (Å²) in [6.45, 7) is 0.423. The van der Waals surface area contributed by atoms with E-state index in [1.807, 2.05) is 36.4 Å². The number of amides is 1. The highest BCUT2D eigenvalue weighted by Gasteiger charge is 2.25. The molecule has 206 valence electrons. The van der Waals surface area contributed by atoms with Crippen molar-refractivity contribution in [2.24, 2.45) is 0 Å². The Morgan fingerprint density at radius 3 is 2.36 bits per heavy atom. The fourth-order valence-electron chi connectivity index (χ4n) is 4.59. The van der Waals surface area contributed by atoms with Crippen LogP contribution in [0.15, 0.2) is 82.1 Å². The van der Waals surface area contributed by atoms with Crippen LogP contribution in [-0.4, -0.2) is 38.0 Å². The number of unbranched alkanes of at least 4 members (excludes halogenated alkanes) is 3. The SMILES string of the molecule is O=C(CCCCCc1ccccc1)NCCCCC(NS(=O)(=O)c1ccc2oc3ccccc3c2c1)C(=O)O. The molecule has 0 saturated carbocycles. The number of rotatable bonds is 15. The maximum atomic E-state index is 13.0. The molecule has 39 heavy (non-hydrogen) atoms. The standard InChI is InChI=1S/C30H34N2O6S/c33-29(17-6-2-5-13-22-11-3-1-4-12-22)31-20-10-9-15-26(30(34)35)32-39(36,37)23-18-19-28-25(21-23)24-14-7-8-16-27(24)38-28/h1,3-4,7-8,11-12,14,16,18-19,21,26,32H,2,5-6,9-10,13,15,17,20H2,(H,31,33)(H,34,35). The lowest BCUT2D eigenvalue weighted by Gasteiger charge is -2.15. The number of carboxylic acid groups (broad SMARTS) is 1. The van der Waals surface area contributed by atoms with E-state index >= 15 is 0 Å². The number of hydrogen-bond acceptors (Lipinski definition) is 5. The van der Waals surface area contributed by atoms with Crippen LogP contribution in [0.3, 0.4) is 0 Å². The molecule has 1 atom stereocenters. The maximum Gasteiger partial charge on any atom is 0.321 e. The fraction of sp³-hybridized carbons (Fsp3) is 0.333. The van der Waals surface area contributed by atoms with Gasteiger partial charge in [-0.1, -0.05) is 55.0 Å². The van der Waals surface area contributed by atoms with Crippen LogP contribution < -0.4 is 10.0 Å². The first-order valence-corrected chi connectivity index (χ1v) is 14.8. The van der Waals surface area contributed by atoms with Crippen LogP contribution in [0.1, 0.15) is 50.5 Å². The maximum absolute atomic E-state index is 13.0. The molecule has 3 N–H and O–H groups in total. The zero-order valence-corrected chi connectivity index (χ0v) is 22.6. The summed E-state index contributed by atoms with van der Waals surface area (Å²) in [6.07, 6.45) is 5.42. The highest BCUT2D eigenvalue weighted by atomic mass is 32.2. The minimum atomic E-state index is -4.07. The Morgan fingerprint density at radius 2 is 1.56 bits per heavy atom. The van der Waals surface area contributed by atoms with Gasteiger partial charge in [-0.25, -0.2) is 8.42 Å². The number of sulfonamides is 1. The van der Waals surface area contributed by atoms with Crippen molar-refractivity contribution < 1.29 is 27.5 Å². The van der Waals surface area contributed by atoms with Gasteiger partial charge in [0.15, 0.2) is 0 Å². The van der Waals surface area contributed by atoms with Crippen molar-refractivity contribution in [1.29, 1.82) is 0 Å². The average Bonchev–Trinajstić information content (AvgIpc) is 3.30. The van der Waals surface area contributed by atoms with E-state index in [4.69, 9.17) is 4.42 Å². The number of carboxylic acids is 1. The van der Waals surface area contributed by atoms with Crippen molar-refractivity contribution in [2.75, 3.05) is 6.54 Å². The summed E-state index contributed by atoms with van der Waals surface area (Å²) in [5.74, 6) is -1.26. The van der Waals surface area contributed by atoms with Gasteiger partial charge in [-0.3, -0.25) is 9.59 Å². The average molecular weight is 551 g/mol. The van der Waals surface area contributed by atoms with Crippen LogP contribution in [0.2, 0.25) is 0 Å². The number of carbonyl (C=O) groups excluding carboxylic acids is 1. The second kappa shape index (κ2) is 13.4. The molecule has 0 spiro atoms. The lowest BCUT2D eigenvalue weighted by molar-refractivity contribution is -0.139. The minimum absolute atomic E-state index is 0.0210. The van der Waals surface area contributed by atoms with Crippen molar-refractivity contribution in [3.63, 3.8) is 0 Å². The molecule has 4 aromatic rings. The molecule has 0 bridgehead atoms. The first kappa shape index (κ1) is 28.3. The number of para-hydroxylation sites is 1. The zero-order chi connectivity index (χ0) is 27.7. The normalized spacial score (nSPS) is 12.5. The highest BCUT2D eigenvalue weighted by molar-refractivity contribution is 7.89. The van der Waals surface area contributed by atoms with E-state index in [-0.39, 0.29) is 17.2 Å². The van der Waals surface area contributed by atoms with E-state index in [2.05, 4.69) is 22.2 Å². The molecule has 3 aromatic carbocycles. The van der Waals surface area contributed by atoms with Gasteiger partial charge in [-0.05, 0) is 68.4 Å². The van der Waals surface area contributed by atoms with Gasteiger partial charge < -0.3 is 14.8 Å². The lowest BCUT2D eigenvalue weighted by atomic mass is 10.1. The van der Waals surface area contributed by atoms with Gasteiger partial charge in [0, 0.05) is 23.7 Å². The van der Waals surface area contributed by atoms with Crippen LogP contribution >= 0.6 is 0 Å². The Morgan fingerprint density at radius 1 is 0.821 bits per heavy atom. The van der Waals surface area contributed by atoms with Gasteiger partial charge in [0.2, 0.25) is 15.9 Å². The number of benzene rings is 3. The molecule has 9 heteroatoms. The minimum Gasteiger partial charge on any atom is -0.480 e. The van der Waals surface area contributed by atoms with Crippen LogP contribution in [0.25, 0.3) is 21.9 Å². The quantitative estimate of drug-likeness (QED) is 0.170. The van der Waals surface area contributed by atoms with Crippen molar-refractivity contribution in [3.8, 4) is 0 Å². The Bertz CT molecular complexity index is 1510. The van der Waals surface area contributed by atoms with Crippen LogP contribution in [0, 0.1) is 0 Å². The monoisotopic (exact) mass is 550 g/mol. The number of hydrogen-bond donors (Lipinski definition) is 3. The van der Waals surface area contributed by atoms with E-state index in [0.29, 0.717) is 42.4 Å². The molecule has 0 fully saturated rings. The Hall–Kier alpha value is -3.69. The number of carbonyl (C=O) groups is 2. The molecule has 0 aliphatic rings. The summed E-state index contributed by atoms with van der Waals surface area (Å²) in [4.78, 5) is 23.8. The predicted molar refractivity (Wildman–Crippen MR) is 151 cm³/mol. The van der Waals surface area contributed by atoms with Gasteiger partial charge >= 0.3 is 5.97 Å². The van der Waals surface area contributed by atoms with Crippen LogP contribution in [-0.2, 0) is 26.0 Å². The van der Waals surface area contributed by atoms with E-state index in [1.165, 1.54) is 17.7 Å².